The van der Waals surface area contributed by atoms with Crippen molar-refractivity contribution in [1.29, 1.82) is 0 Å². The predicted molar refractivity (Wildman–Crippen MR) is 157 cm³/mol. The number of rotatable bonds is 12. The third-order valence-electron chi connectivity index (χ3n) is 8.92. The highest BCUT2D eigenvalue weighted by molar-refractivity contribution is 6.05. The molecule has 0 aliphatic carbocycles. The highest BCUT2D eigenvalue weighted by Gasteiger charge is 2.79. The van der Waals surface area contributed by atoms with Gasteiger partial charge in [-0.25, -0.2) is 0 Å². The van der Waals surface area contributed by atoms with Gasteiger partial charge in [-0.2, -0.15) is 0 Å². The van der Waals surface area contributed by atoms with E-state index in [0.29, 0.717) is 36.3 Å². The summed E-state index contributed by atoms with van der Waals surface area (Å²) in [6.07, 6.45) is 4.64. The van der Waals surface area contributed by atoms with Crippen molar-refractivity contribution < 1.29 is 33.7 Å². The first-order chi connectivity index (χ1) is 20.3. The summed E-state index contributed by atoms with van der Waals surface area (Å²) in [6.45, 7) is 9.25. The quantitative estimate of drug-likeness (QED) is 0.233. The van der Waals surface area contributed by atoms with Gasteiger partial charge < -0.3 is 29.1 Å². The van der Waals surface area contributed by atoms with Gasteiger partial charge in [0.15, 0.2) is 0 Å². The molecule has 2 unspecified atom stereocenters. The number of carbonyl (C=O) groups is 3. The lowest BCUT2D eigenvalue weighted by atomic mass is 9.66. The van der Waals surface area contributed by atoms with Crippen molar-refractivity contribution in [1.82, 2.24) is 4.90 Å². The van der Waals surface area contributed by atoms with Crippen molar-refractivity contribution >= 4 is 23.5 Å². The number of anilines is 1. The maximum absolute atomic E-state index is 14.8. The van der Waals surface area contributed by atoms with Crippen LogP contribution in [-0.4, -0.2) is 71.9 Å². The van der Waals surface area contributed by atoms with E-state index in [4.69, 9.17) is 14.2 Å². The summed E-state index contributed by atoms with van der Waals surface area (Å²) in [6, 6.07) is 14.2. The van der Waals surface area contributed by atoms with Crippen LogP contribution in [-0.2, 0) is 23.9 Å². The van der Waals surface area contributed by atoms with E-state index < -0.39 is 53.6 Å². The molecule has 2 amide bonds. The molecule has 2 aromatic carbocycles. The molecular formula is C33H38N2O7. The Morgan fingerprint density at radius 1 is 1.14 bits per heavy atom. The molecule has 2 bridgehead atoms. The van der Waals surface area contributed by atoms with Gasteiger partial charge in [-0.15, -0.1) is 13.2 Å². The second-order valence-corrected chi connectivity index (χ2v) is 11.3. The second-order valence-electron chi connectivity index (χ2n) is 11.3. The first kappa shape index (κ1) is 29.5. The number of aliphatic hydroxyl groups is 1. The number of hydrogen-bond acceptors (Lipinski definition) is 7. The first-order valence-corrected chi connectivity index (χ1v) is 14.3. The predicted octanol–water partition coefficient (Wildman–Crippen LogP) is 3.83. The van der Waals surface area contributed by atoms with Crippen LogP contribution in [0.2, 0.25) is 0 Å². The molecule has 42 heavy (non-hydrogen) atoms. The number of carbonyl (C=O) groups excluding carboxylic acids is 3. The molecule has 9 heteroatoms. The molecule has 1 N–H and O–H groups in total. The monoisotopic (exact) mass is 574 g/mol. The average molecular weight is 575 g/mol. The van der Waals surface area contributed by atoms with Gasteiger partial charge in [0.2, 0.25) is 5.91 Å². The van der Waals surface area contributed by atoms with Crippen LogP contribution in [0.1, 0.15) is 37.8 Å². The Morgan fingerprint density at radius 3 is 2.48 bits per heavy atom. The van der Waals surface area contributed by atoms with Gasteiger partial charge in [0.1, 0.15) is 23.3 Å². The fourth-order valence-electron chi connectivity index (χ4n) is 7.06. The minimum atomic E-state index is -1.28. The van der Waals surface area contributed by atoms with Crippen molar-refractivity contribution in [3.05, 3.63) is 85.5 Å². The molecular weight excluding hydrogens is 536 g/mol. The topological polar surface area (TPSA) is 106 Å². The molecule has 1 spiro atoms. The maximum Gasteiger partial charge on any atom is 0.312 e. The minimum Gasteiger partial charge on any atom is -0.497 e. The SMILES string of the molecule is C=CCCOC(=O)[C@H]1[C@H]2C(=O)N([C@H](CO)c3ccccc3)C(C(=O)N(CC=C)c3ccc(OC)cc3)C23CC[C@]1(C)O3. The molecule has 0 aromatic heterocycles. The number of hydrogen-bond donors (Lipinski definition) is 1. The van der Waals surface area contributed by atoms with Crippen molar-refractivity contribution in [3.63, 3.8) is 0 Å². The molecule has 3 aliphatic heterocycles. The fraction of sp³-hybridized carbons (Fsp3) is 0.424. The summed E-state index contributed by atoms with van der Waals surface area (Å²) in [5.74, 6) is -2.51. The highest BCUT2D eigenvalue weighted by Crippen LogP contribution is 2.64. The third-order valence-corrected chi connectivity index (χ3v) is 8.92. The summed E-state index contributed by atoms with van der Waals surface area (Å²) in [5, 5.41) is 10.7. The van der Waals surface area contributed by atoms with Crippen molar-refractivity contribution in [2.75, 3.05) is 31.8 Å². The summed E-state index contributed by atoms with van der Waals surface area (Å²) < 4.78 is 17.6. The zero-order valence-corrected chi connectivity index (χ0v) is 24.1. The molecule has 9 nitrogen and oxygen atoms in total. The largest absolute Gasteiger partial charge is 0.497 e. The van der Waals surface area contributed by atoms with Crippen LogP contribution in [0.15, 0.2) is 79.9 Å². The van der Waals surface area contributed by atoms with Crippen LogP contribution in [0.3, 0.4) is 0 Å². The lowest BCUT2D eigenvalue weighted by Gasteiger charge is -2.39. The molecule has 0 radical (unpaired) electrons. The van der Waals surface area contributed by atoms with Gasteiger partial charge in [-0.3, -0.25) is 14.4 Å². The van der Waals surface area contributed by atoms with Crippen LogP contribution in [0.4, 0.5) is 5.69 Å². The van der Waals surface area contributed by atoms with E-state index in [1.807, 2.05) is 37.3 Å². The van der Waals surface area contributed by atoms with Crippen molar-refractivity contribution in [2.45, 2.75) is 49.5 Å². The molecule has 3 saturated heterocycles. The van der Waals surface area contributed by atoms with E-state index in [1.54, 1.807) is 48.4 Å². The number of amides is 2. The Hall–Kier alpha value is -3.95. The molecule has 6 atom stereocenters. The molecule has 222 valence electrons. The summed E-state index contributed by atoms with van der Waals surface area (Å²) in [7, 11) is 1.56. The number of likely N-dealkylation sites (tertiary alicyclic amines) is 1. The van der Waals surface area contributed by atoms with E-state index in [9.17, 15) is 19.5 Å². The molecule has 0 saturated carbocycles. The van der Waals surface area contributed by atoms with Gasteiger partial charge in [0.25, 0.3) is 5.91 Å². The lowest BCUT2D eigenvalue weighted by Crippen LogP contribution is -2.57. The number of benzene rings is 2. The van der Waals surface area contributed by atoms with Crippen LogP contribution >= 0.6 is 0 Å². The number of ether oxygens (including phenoxy) is 3. The number of fused-ring (bicyclic) bond motifs is 1. The van der Waals surface area contributed by atoms with E-state index in [1.165, 1.54) is 4.90 Å². The van der Waals surface area contributed by atoms with Crippen LogP contribution < -0.4 is 9.64 Å². The number of methoxy groups -OCH3 is 1. The average Bonchev–Trinajstić information content (AvgIpc) is 3.57. The number of nitrogens with zero attached hydrogens (tertiary/aromatic N) is 2. The number of esters is 1. The number of aliphatic hydroxyl groups excluding tert-OH is 1. The molecule has 3 heterocycles. The van der Waals surface area contributed by atoms with Crippen LogP contribution in [0.5, 0.6) is 5.75 Å². The van der Waals surface area contributed by atoms with Gasteiger partial charge in [-0.1, -0.05) is 42.5 Å². The van der Waals surface area contributed by atoms with E-state index in [-0.39, 0.29) is 19.1 Å². The van der Waals surface area contributed by atoms with Crippen LogP contribution in [0.25, 0.3) is 0 Å². The van der Waals surface area contributed by atoms with Gasteiger partial charge in [0, 0.05) is 12.2 Å². The summed E-state index contributed by atoms with van der Waals surface area (Å²) in [5.41, 5.74) is -0.986. The summed E-state index contributed by atoms with van der Waals surface area (Å²) >= 11 is 0. The Kier molecular flexibility index (Phi) is 8.25. The highest BCUT2D eigenvalue weighted by atomic mass is 16.6. The van der Waals surface area contributed by atoms with Gasteiger partial charge >= 0.3 is 5.97 Å². The smallest absolute Gasteiger partial charge is 0.312 e. The molecule has 5 rings (SSSR count). The zero-order chi connectivity index (χ0) is 30.1. The first-order valence-electron chi connectivity index (χ1n) is 14.3. The van der Waals surface area contributed by atoms with Gasteiger partial charge in [-0.05, 0) is 56.0 Å². The van der Waals surface area contributed by atoms with Crippen molar-refractivity contribution in [3.8, 4) is 5.75 Å². The van der Waals surface area contributed by atoms with Gasteiger partial charge in [0.05, 0.1) is 37.9 Å². The maximum atomic E-state index is 14.8. The third kappa shape index (κ3) is 4.70. The van der Waals surface area contributed by atoms with E-state index >= 15 is 0 Å². The summed E-state index contributed by atoms with van der Waals surface area (Å²) in [4.78, 5) is 45.9. The Bertz CT molecular complexity index is 1350. The standard InChI is InChI=1S/C33H38N2O7/c1-5-7-20-41-31(39)27-26-29(37)35(25(21-36)22-11-9-8-10-12-22)28(33(26)18-17-32(27,3)42-33)30(38)34(19-6-2)23-13-15-24(40-4)16-14-23/h5-6,8-16,25-28,36H,1-2,7,17-21H2,3-4H3/t25-,26+,27-,28?,32+,33?/m1/s1. The van der Waals surface area contributed by atoms with Crippen LogP contribution in [0, 0.1) is 11.8 Å². The Labute approximate surface area is 246 Å². The minimum absolute atomic E-state index is 0.142. The lowest BCUT2D eigenvalue weighted by molar-refractivity contribution is -0.160. The Morgan fingerprint density at radius 2 is 1.86 bits per heavy atom. The molecule has 2 aromatic rings. The zero-order valence-electron chi connectivity index (χ0n) is 24.1. The van der Waals surface area contributed by atoms with Crippen molar-refractivity contribution in [2.24, 2.45) is 11.8 Å². The Balaban J connectivity index is 1.63. The normalized spacial score (nSPS) is 28.2. The second kappa shape index (κ2) is 11.7. The fourth-order valence-corrected chi connectivity index (χ4v) is 7.06. The molecule has 3 aliphatic rings. The molecule has 3 fully saturated rings. The van der Waals surface area contributed by atoms with E-state index in [0.717, 1.165) is 0 Å². The van der Waals surface area contributed by atoms with E-state index in [2.05, 4.69) is 13.2 Å².